The molecule has 2 nitrogen and oxygen atoms in total. The Labute approximate surface area is 47.8 Å². The maximum Gasteiger partial charge on any atom is 0.116 e. The van der Waals surface area contributed by atoms with Gasteiger partial charge in [0, 0.05) is 6.54 Å². The summed E-state index contributed by atoms with van der Waals surface area (Å²) in [4.78, 5) is 0. The van der Waals surface area contributed by atoms with Crippen molar-refractivity contribution >= 4 is 11.6 Å². The lowest BCUT2D eigenvalue weighted by molar-refractivity contribution is 0.158. The summed E-state index contributed by atoms with van der Waals surface area (Å²) in [6, 6.07) is 0. The summed E-state index contributed by atoms with van der Waals surface area (Å²) in [6.45, 7) is 3.18. The smallest absolute Gasteiger partial charge is 0.116 e. The molecule has 1 atom stereocenters. The topological polar surface area (TPSA) is 21.3 Å². The van der Waals surface area contributed by atoms with Gasteiger partial charge in [0.05, 0.1) is 6.61 Å². The fourth-order valence-corrected chi connectivity index (χ4v) is 0.638. The second kappa shape index (κ2) is 2.50. The monoisotopic (exact) mass is 120 g/mol. The summed E-state index contributed by atoms with van der Waals surface area (Å²) >= 11 is 5.52. The normalized spacial score (nSPS) is 33.0. The Balaban J connectivity index is 2.12. The number of ether oxygens (including phenoxy) is 1. The fraction of sp³-hybridized carbons (Fsp3) is 0.750. The number of rotatable bonds is 0. The van der Waals surface area contributed by atoms with Gasteiger partial charge in [-0.15, -0.1) is 11.6 Å². The first-order chi connectivity index (χ1) is 3.39. The molecule has 1 saturated heterocycles. The molecule has 7 heavy (non-hydrogen) atoms. The minimum absolute atomic E-state index is 0.0891. The van der Waals surface area contributed by atoms with Crippen molar-refractivity contribution in [3.8, 4) is 0 Å². The molecule has 1 heterocycles. The highest BCUT2D eigenvalue weighted by Crippen LogP contribution is 2.00. The van der Waals surface area contributed by atoms with Gasteiger partial charge in [-0.1, -0.05) is 0 Å². The molecule has 1 N–H and O–H groups in total. The lowest BCUT2D eigenvalue weighted by atomic mass is 10.5. The number of hydrogen-bond donors (Lipinski definition) is 1. The van der Waals surface area contributed by atoms with Gasteiger partial charge in [0.1, 0.15) is 12.1 Å². The number of hydrogen-bond acceptors (Lipinski definition) is 2. The van der Waals surface area contributed by atoms with Crippen LogP contribution >= 0.6 is 11.6 Å². The Morgan fingerprint density at radius 3 is 3.00 bits per heavy atom. The third-order valence-electron chi connectivity index (χ3n) is 0.775. The molecule has 1 unspecified atom stereocenters. The van der Waals surface area contributed by atoms with E-state index in [1.165, 1.54) is 0 Å². The molecular formula is C4H7ClNO. The van der Waals surface area contributed by atoms with Gasteiger partial charge in [0.25, 0.3) is 0 Å². The van der Waals surface area contributed by atoms with E-state index in [0.29, 0.717) is 0 Å². The molecule has 0 saturated carbocycles. The van der Waals surface area contributed by atoms with Gasteiger partial charge in [-0.2, -0.15) is 0 Å². The number of nitrogens with one attached hydrogen (secondary N) is 1. The first-order valence-electron chi connectivity index (χ1n) is 2.22. The molecule has 1 aliphatic heterocycles. The Hall–Kier alpha value is 0.210. The van der Waals surface area contributed by atoms with Crippen LogP contribution in [-0.4, -0.2) is 18.7 Å². The van der Waals surface area contributed by atoms with Crippen LogP contribution in [-0.2, 0) is 4.74 Å². The average molecular weight is 121 g/mol. The van der Waals surface area contributed by atoms with Crippen molar-refractivity contribution in [3.63, 3.8) is 0 Å². The van der Waals surface area contributed by atoms with E-state index in [4.69, 9.17) is 16.3 Å². The second-order valence-corrected chi connectivity index (χ2v) is 1.83. The quantitative estimate of drug-likeness (QED) is 0.368. The Bertz CT molecular complexity index is 53.7. The van der Waals surface area contributed by atoms with Gasteiger partial charge in [-0.3, -0.25) is 5.32 Å². The Kier molecular flexibility index (Phi) is 1.91. The maximum atomic E-state index is 5.52. The van der Waals surface area contributed by atoms with Crippen LogP contribution < -0.4 is 5.32 Å². The largest absolute Gasteiger partial charge is 0.371 e. The molecule has 0 aromatic rings. The Morgan fingerprint density at radius 2 is 2.71 bits per heavy atom. The van der Waals surface area contributed by atoms with Crippen molar-refractivity contribution in [2.24, 2.45) is 0 Å². The van der Waals surface area contributed by atoms with Crippen molar-refractivity contribution in [2.45, 2.75) is 5.50 Å². The zero-order valence-corrected chi connectivity index (χ0v) is 4.61. The van der Waals surface area contributed by atoms with Crippen LogP contribution in [0.4, 0.5) is 0 Å². The highest BCUT2D eigenvalue weighted by molar-refractivity contribution is 6.21. The van der Waals surface area contributed by atoms with E-state index in [2.05, 4.69) is 5.32 Å². The lowest BCUT2D eigenvalue weighted by Gasteiger charge is -2.16. The molecule has 0 amide bonds. The molecule has 3 heteroatoms. The summed E-state index contributed by atoms with van der Waals surface area (Å²) in [7, 11) is 0. The third kappa shape index (κ3) is 1.63. The van der Waals surface area contributed by atoms with E-state index >= 15 is 0 Å². The van der Waals surface area contributed by atoms with Gasteiger partial charge in [-0.25, -0.2) is 0 Å². The van der Waals surface area contributed by atoms with Gasteiger partial charge >= 0.3 is 0 Å². The highest BCUT2D eigenvalue weighted by atomic mass is 35.5. The summed E-state index contributed by atoms with van der Waals surface area (Å²) in [5.74, 6) is 0. The molecular weight excluding hydrogens is 114 g/mol. The van der Waals surface area contributed by atoms with E-state index in [-0.39, 0.29) is 5.50 Å². The van der Waals surface area contributed by atoms with Crippen molar-refractivity contribution in [1.82, 2.24) is 5.32 Å². The van der Waals surface area contributed by atoms with Crippen molar-refractivity contribution in [1.29, 1.82) is 0 Å². The van der Waals surface area contributed by atoms with E-state index in [9.17, 15) is 0 Å². The molecule has 1 radical (unpaired) electrons. The van der Waals surface area contributed by atoms with E-state index in [0.717, 1.165) is 13.2 Å². The standard InChI is InChI=1S/C4H7ClNO/c5-4-3-7-2-1-6-4/h3-4,6H,1-2H2. The van der Waals surface area contributed by atoms with Crippen molar-refractivity contribution in [2.75, 3.05) is 13.2 Å². The minimum atomic E-state index is -0.0891. The van der Waals surface area contributed by atoms with Crippen LogP contribution in [0.1, 0.15) is 0 Å². The third-order valence-corrected chi connectivity index (χ3v) is 1.03. The van der Waals surface area contributed by atoms with Crippen LogP contribution in [0.5, 0.6) is 0 Å². The molecule has 0 bridgehead atoms. The van der Waals surface area contributed by atoms with E-state index < -0.39 is 0 Å². The molecule has 0 aromatic carbocycles. The van der Waals surface area contributed by atoms with Crippen molar-refractivity contribution in [3.05, 3.63) is 6.61 Å². The summed E-state index contributed by atoms with van der Waals surface area (Å²) in [5.41, 5.74) is -0.0891. The zero-order chi connectivity index (χ0) is 5.11. The Morgan fingerprint density at radius 1 is 1.86 bits per heavy atom. The molecule has 1 fully saturated rings. The molecule has 0 aliphatic carbocycles. The van der Waals surface area contributed by atoms with E-state index in [1.807, 2.05) is 0 Å². The number of halogens is 1. The van der Waals surface area contributed by atoms with Crippen LogP contribution in [0.3, 0.4) is 0 Å². The number of morpholine rings is 1. The fourth-order valence-electron chi connectivity index (χ4n) is 0.456. The van der Waals surface area contributed by atoms with Crippen LogP contribution in [0, 0.1) is 6.61 Å². The summed E-state index contributed by atoms with van der Waals surface area (Å²) < 4.78 is 4.86. The highest BCUT2D eigenvalue weighted by Gasteiger charge is 2.07. The van der Waals surface area contributed by atoms with Gasteiger partial charge in [-0.05, 0) is 0 Å². The van der Waals surface area contributed by atoms with Gasteiger partial charge in [0.2, 0.25) is 0 Å². The number of alkyl halides is 1. The van der Waals surface area contributed by atoms with Crippen LogP contribution in [0.25, 0.3) is 0 Å². The van der Waals surface area contributed by atoms with Crippen LogP contribution in [0.2, 0.25) is 0 Å². The SMILES string of the molecule is ClC1[CH]OCCN1. The molecule has 1 rings (SSSR count). The van der Waals surface area contributed by atoms with Crippen molar-refractivity contribution < 1.29 is 4.74 Å². The summed E-state index contributed by atoms with van der Waals surface area (Å²) in [5, 5.41) is 2.97. The molecule has 0 aromatic heterocycles. The second-order valence-electron chi connectivity index (χ2n) is 1.36. The zero-order valence-electron chi connectivity index (χ0n) is 3.86. The molecule has 41 valence electrons. The molecule has 0 spiro atoms. The average Bonchev–Trinajstić information content (AvgIpc) is 1.69. The maximum absolute atomic E-state index is 5.52. The predicted molar refractivity (Wildman–Crippen MR) is 27.9 cm³/mol. The summed E-state index contributed by atoms with van der Waals surface area (Å²) in [6.07, 6.45) is 0. The minimum Gasteiger partial charge on any atom is -0.371 e. The first-order valence-corrected chi connectivity index (χ1v) is 2.65. The van der Waals surface area contributed by atoms with E-state index in [1.54, 1.807) is 6.61 Å². The van der Waals surface area contributed by atoms with Gasteiger partial charge < -0.3 is 4.74 Å². The molecule has 1 aliphatic rings. The lowest BCUT2D eigenvalue weighted by Crippen LogP contribution is -2.33. The predicted octanol–water partition coefficient (Wildman–Crippen LogP) is 0.333. The van der Waals surface area contributed by atoms with Gasteiger partial charge in [0.15, 0.2) is 0 Å². The first kappa shape index (κ1) is 5.35. The van der Waals surface area contributed by atoms with Crippen LogP contribution in [0.15, 0.2) is 0 Å².